The van der Waals surface area contributed by atoms with E-state index in [0.29, 0.717) is 22.6 Å². The lowest BCUT2D eigenvalue weighted by Crippen LogP contribution is -2.24. The summed E-state index contributed by atoms with van der Waals surface area (Å²) >= 11 is 0. The molecule has 0 aliphatic heterocycles. The third kappa shape index (κ3) is 2.81. The highest BCUT2D eigenvalue weighted by atomic mass is 16.5. The van der Waals surface area contributed by atoms with Crippen LogP contribution >= 0.6 is 0 Å². The Hall–Kier alpha value is -2.95. The Morgan fingerprint density at radius 1 is 1.00 bits per heavy atom. The van der Waals surface area contributed by atoms with E-state index in [1.54, 1.807) is 61.9 Å². The summed E-state index contributed by atoms with van der Waals surface area (Å²) in [5.74, 6) is 3.47. The van der Waals surface area contributed by atoms with Crippen LogP contribution in [0.25, 0.3) is 0 Å². The van der Waals surface area contributed by atoms with Crippen LogP contribution in [0.3, 0.4) is 0 Å². The molecule has 0 saturated heterocycles. The fourth-order valence-corrected chi connectivity index (χ4v) is 1.98. The number of aliphatic hydroxyl groups is 1. The standard InChI is InChI=1S/C17H13NO3/c1-3-17(19,13-4-8-15(20-2)9-5-13)14-6-10-16(11-7-14)21-12-18/h1,4-11,19H,2H3. The van der Waals surface area contributed by atoms with Crippen molar-refractivity contribution in [3.63, 3.8) is 0 Å². The summed E-state index contributed by atoms with van der Waals surface area (Å²) in [6, 6.07) is 13.3. The van der Waals surface area contributed by atoms with E-state index < -0.39 is 5.60 Å². The largest absolute Gasteiger partial charge is 0.497 e. The Balaban J connectivity index is 2.40. The lowest BCUT2D eigenvalue weighted by atomic mass is 9.87. The number of hydrogen-bond acceptors (Lipinski definition) is 4. The Morgan fingerprint density at radius 2 is 1.48 bits per heavy atom. The molecule has 0 fully saturated rings. The Bertz CT molecular complexity index is 693. The molecule has 21 heavy (non-hydrogen) atoms. The second-order valence-corrected chi connectivity index (χ2v) is 4.30. The van der Waals surface area contributed by atoms with Crippen LogP contribution in [0.15, 0.2) is 48.5 Å². The fraction of sp³-hybridized carbons (Fsp3) is 0.118. The van der Waals surface area contributed by atoms with Crippen molar-refractivity contribution in [2.24, 2.45) is 0 Å². The molecule has 0 radical (unpaired) electrons. The summed E-state index contributed by atoms with van der Waals surface area (Å²) in [4.78, 5) is 0. The summed E-state index contributed by atoms with van der Waals surface area (Å²) < 4.78 is 9.78. The Labute approximate surface area is 123 Å². The number of benzene rings is 2. The van der Waals surface area contributed by atoms with E-state index in [0.717, 1.165) is 0 Å². The lowest BCUT2D eigenvalue weighted by Gasteiger charge is -2.23. The van der Waals surface area contributed by atoms with Crippen molar-refractivity contribution in [3.8, 4) is 30.1 Å². The predicted molar refractivity (Wildman–Crippen MR) is 77.5 cm³/mol. The first-order valence-corrected chi connectivity index (χ1v) is 6.15. The second kappa shape index (κ2) is 6.00. The molecule has 1 unspecified atom stereocenters. The van der Waals surface area contributed by atoms with E-state index in [4.69, 9.17) is 21.2 Å². The van der Waals surface area contributed by atoms with Gasteiger partial charge in [0.25, 0.3) is 6.26 Å². The van der Waals surface area contributed by atoms with E-state index in [2.05, 4.69) is 5.92 Å². The molecule has 0 aliphatic rings. The third-order valence-electron chi connectivity index (χ3n) is 3.15. The molecule has 0 amide bonds. The van der Waals surface area contributed by atoms with E-state index in [-0.39, 0.29) is 0 Å². The zero-order chi connectivity index (χ0) is 15.3. The average molecular weight is 279 g/mol. The molecule has 0 spiro atoms. The Kier molecular flexibility index (Phi) is 4.13. The van der Waals surface area contributed by atoms with Crippen LogP contribution in [-0.4, -0.2) is 12.2 Å². The quantitative estimate of drug-likeness (QED) is 0.689. The highest BCUT2D eigenvalue weighted by Crippen LogP contribution is 2.31. The van der Waals surface area contributed by atoms with E-state index in [1.807, 2.05) is 0 Å². The molecule has 0 aromatic heterocycles. The molecule has 4 nitrogen and oxygen atoms in total. The molecule has 4 heteroatoms. The number of nitriles is 1. The van der Waals surface area contributed by atoms with Crippen molar-refractivity contribution in [1.29, 1.82) is 5.26 Å². The first kappa shape index (κ1) is 14.5. The number of rotatable bonds is 4. The second-order valence-electron chi connectivity index (χ2n) is 4.30. The molecule has 0 bridgehead atoms. The van der Waals surface area contributed by atoms with Gasteiger partial charge in [-0.25, -0.2) is 0 Å². The Morgan fingerprint density at radius 3 is 1.86 bits per heavy atom. The minimum atomic E-state index is -1.56. The first-order chi connectivity index (χ1) is 10.1. The van der Waals surface area contributed by atoms with Gasteiger partial charge in [-0.15, -0.1) is 11.7 Å². The topological polar surface area (TPSA) is 62.5 Å². The van der Waals surface area contributed by atoms with Gasteiger partial charge in [-0.05, 0) is 24.3 Å². The van der Waals surface area contributed by atoms with E-state index in [1.165, 1.54) is 0 Å². The van der Waals surface area contributed by atoms with Gasteiger partial charge in [0.15, 0.2) is 5.60 Å². The van der Waals surface area contributed by atoms with Crippen LogP contribution in [0, 0.1) is 23.9 Å². The summed E-state index contributed by atoms with van der Waals surface area (Å²) in [5, 5.41) is 19.2. The van der Waals surface area contributed by atoms with E-state index >= 15 is 0 Å². The monoisotopic (exact) mass is 279 g/mol. The predicted octanol–water partition coefficient (Wildman–Crippen LogP) is 2.42. The molecule has 0 aliphatic carbocycles. The number of ether oxygens (including phenoxy) is 2. The van der Waals surface area contributed by atoms with Crippen LogP contribution in [0.2, 0.25) is 0 Å². The van der Waals surface area contributed by atoms with Crippen LogP contribution in [0.5, 0.6) is 11.5 Å². The molecule has 1 N–H and O–H groups in total. The zero-order valence-electron chi connectivity index (χ0n) is 11.4. The molecule has 104 valence electrons. The molecular formula is C17H13NO3. The number of terminal acetylenes is 1. The van der Waals surface area contributed by atoms with Gasteiger partial charge in [0.05, 0.1) is 7.11 Å². The van der Waals surface area contributed by atoms with Gasteiger partial charge < -0.3 is 14.6 Å². The molecule has 0 saturated carbocycles. The summed E-state index contributed by atoms with van der Waals surface area (Å²) in [7, 11) is 1.57. The normalized spacial score (nSPS) is 12.6. The van der Waals surface area contributed by atoms with Crippen LogP contribution in [0.1, 0.15) is 11.1 Å². The fourth-order valence-electron chi connectivity index (χ4n) is 1.98. The van der Waals surface area contributed by atoms with Crippen molar-refractivity contribution in [1.82, 2.24) is 0 Å². The summed E-state index contributed by atoms with van der Waals surface area (Å²) in [6.45, 7) is 0. The van der Waals surface area contributed by atoms with Gasteiger partial charge in [0.2, 0.25) is 0 Å². The smallest absolute Gasteiger partial charge is 0.292 e. The maximum atomic E-state index is 10.8. The molecule has 1 atom stereocenters. The van der Waals surface area contributed by atoms with Crippen LogP contribution in [-0.2, 0) is 5.60 Å². The molecule has 2 aromatic carbocycles. The maximum Gasteiger partial charge on any atom is 0.292 e. The number of hydrogen-bond donors (Lipinski definition) is 1. The van der Waals surface area contributed by atoms with Gasteiger partial charge in [0.1, 0.15) is 11.5 Å². The van der Waals surface area contributed by atoms with Crippen LogP contribution < -0.4 is 9.47 Å². The average Bonchev–Trinajstić information content (AvgIpc) is 2.55. The van der Waals surface area contributed by atoms with Crippen LogP contribution in [0.4, 0.5) is 0 Å². The maximum absolute atomic E-state index is 10.8. The summed E-state index contributed by atoms with van der Waals surface area (Å²) in [6.07, 6.45) is 7.11. The number of nitrogens with zero attached hydrogens (tertiary/aromatic N) is 1. The molecule has 0 heterocycles. The van der Waals surface area contributed by atoms with Crippen molar-refractivity contribution >= 4 is 0 Å². The summed E-state index contributed by atoms with van der Waals surface area (Å²) in [5.41, 5.74) is -0.488. The minimum absolute atomic E-state index is 0.385. The first-order valence-electron chi connectivity index (χ1n) is 6.15. The van der Waals surface area contributed by atoms with Gasteiger partial charge in [-0.1, -0.05) is 30.2 Å². The molecule has 2 rings (SSSR count). The van der Waals surface area contributed by atoms with Gasteiger partial charge in [-0.2, -0.15) is 0 Å². The number of methoxy groups -OCH3 is 1. The third-order valence-corrected chi connectivity index (χ3v) is 3.15. The van der Waals surface area contributed by atoms with Gasteiger partial charge >= 0.3 is 0 Å². The van der Waals surface area contributed by atoms with E-state index in [9.17, 15) is 5.11 Å². The molecule has 2 aromatic rings. The van der Waals surface area contributed by atoms with Crippen molar-refractivity contribution in [2.75, 3.05) is 7.11 Å². The lowest BCUT2D eigenvalue weighted by molar-refractivity contribution is 0.145. The highest BCUT2D eigenvalue weighted by Gasteiger charge is 2.29. The van der Waals surface area contributed by atoms with Gasteiger partial charge in [-0.3, -0.25) is 0 Å². The SMILES string of the molecule is C#CC(O)(c1ccc(OC)cc1)c1ccc(OC#N)cc1. The minimum Gasteiger partial charge on any atom is -0.497 e. The van der Waals surface area contributed by atoms with Crippen molar-refractivity contribution in [3.05, 3.63) is 59.7 Å². The van der Waals surface area contributed by atoms with Crippen molar-refractivity contribution < 1.29 is 14.6 Å². The van der Waals surface area contributed by atoms with Gasteiger partial charge in [0, 0.05) is 11.1 Å². The molecular weight excluding hydrogens is 266 g/mol. The zero-order valence-corrected chi connectivity index (χ0v) is 11.4. The highest BCUT2D eigenvalue weighted by molar-refractivity contribution is 5.46. The van der Waals surface area contributed by atoms with Crippen molar-refractivity contribution in [2.45, 2.75) is 5.60 Å².